The number of rotatable bonds is 5. The number of amides is 1. The predicted molar refractivity (Wildman–Crippen MR) is 80.7 cm³/mol. The first-order valence-corrected chi connectivity index (χ1v) is 8.06. The van der Waals surface area contributed by atoms with Crippen molar-refractivity contribution in [2.24, 2.45) is 0 Å². The molecule has 2 rings (SSSR count). The van der Waals surface area contributed by atoms with Gasteiger partial charge in [-0.05, 0) is 13.8 Å². The van der Waals surface area contributed by atoms with E-state index in [1.807, 2.05) is 12.3 Å². The van der Waals surface area contributed by atoms with Gasteiger partial charge < -0.3 is 9.64 Å². The molecule has 0 spiro atoms. The average Bonchev–Trinajstić information content (AvgIpc) is 3.07. The van der Waals surface area contributed by atoms with E-state index in [4.69, 9.17) is 4.74 Å². The van der Waals surface area contributed by atoms with E-state index in [0.29, 0.717) is 6.54 Å². The molecule has 0 bridgehead atoms. The first-order chi connectivity index (χ1) is 10.0. The van der Waals surface area contributed by atoms with Crippen LogP contribution in [-0.4, -0.2) is 40.4 Å². The maximum absolute atomic E-state index is 12.2. The van der Waals surface area contributed by atoms with Gasteiger partial charge in [0.2, 0.25) is 5.01 Å². The Morgan fingerprint density at radius 3 is 2.67 bits per heavy atom. The molecule has 0 N–H and O–H groups in total. The summed E-state index contributed by atoms with van der Waals surface area (Å²) in [5.74, 6) is -0.744. The zero-order valence-electron chi connectivity index (χ0n) is 12.0. The van der Waals surface area contributed by atoms with Gasteiger partial charge in [-0.15, -0.1) is 22.7 Å². The van der Waals surface area contributed by atoms with Crippen LogP contribution < -0.4 is 0 Å². The lowest BCUT2D eigenvalue weighted by Gasteiger charge is -2.14. The van der Waals surface area contributed by atoms with Crippen LogP contribution >= 0.6 is 22.7 Å². The molecule has 1 amide bonds. The Morgan fingerprint density at radius 2 is 2.05 bits per heavy atom. The molecule has 0 aliphatic carbocycles. The van der Waals surface area contributed by atoms with Crippen molar-refractivity contribution in [1.29, 1.82) is 0 Å². The summed E-state index contributed by atoms with van der Waals surface area (Å²) in [5, 5.41) is 4.64. The maximum Gasteiger partial charge on any atom is 0.367 e. The number of carbonyl (C=O) groups is 2. The molecule has 8 heteroatoms. The second kappa shape index (κ2) is 6.77. The van der Waals surface area contributed by atoms with Crippen LogP contribution in [0.15, 0.2) is 10.8 Å². The van der Waals surface area contributed by atoms with Crippen LogP contribution in [0.2, 0.25) is 0 Å². The van der Waals surface area contributed by atoms with E-state index in [-0.39, 0.29) is 23.2 Å². The molecule has 112 valence electrons. The fourth-order valence-electron chi connectivity index (χ4n) is 1.65. The maximum atomic E-state index is 12.2. The van der Waals surface area contributed by atoms with Crippen molar-refractivity contribution in [1.82, 2.24) is 14.9 Å². The molecule has 0 aliphatic rings. The highest BCUT2D eigenvalue weighted by Gasteiger charge is 2.19. The third-order valence-corrected chi connectivity index (χ3v) is 4.23. The van der Waals surface area contributed by atoms with Gasteiger partial charge in [0.05, 0.1) is 23.9 Å². The van der Waals surface area contributed by atoms with Crippen LogP contribution in [0.3, 0.4) is 0 Å². The van der Waals surface area contributed by atoms with Crippen molar-refractivity contribution in [2.75, 3.05) is 13.7 Å². The number of nitrogens with zero attached hydrogens (tertiary/aromatic N) is 3. The first-order valence-electron chi connectivity index (χ1n) is 6.30. The summed E-state index contributed by atoms with van der Waals surface area (Å²) in [6.45, 7) is 4.34. The number of ether oxygens (including phenoxy) is 1. The summed E-state index contributed by atoms with van der Waals surface area (Å²) in [5.41, 5.74) is 1.09. The van der Waals surface area contributed by atoms with Gasteiger partial charge in [-0.25, -0.2) is 14.8 Å². The number of carbonyl (C=O) groups excluding carboxylic acids is 2. The Kier molecular flexibility index (Phi) is 5.03. The van der Waals surface area contributed by atoms with Crippen LogP contribution in [0.1, 0.15) is 37.9 Å². The summed E-state index contributed by atoms with van der Waals surface area (Å²) in [6, 6.07) is 0. The number of aromatic nitrogens is 2. The standard InChI is InChI=1S/C13H15N3O3S2/c1-4-19-13(18)11-15-10(7-21-11)12(17)16(3)5-9-6-20-8(2)14-9/h6-7H,4-5H2,1-3H3. The minimum absolute atomic E-state index is 0.193. The summed E-state index contributed by atoms with van der Waals surface area (Å²) >= 11 is 2.65. The zero-order valence-corrected chi connectivity index (χ0v) is 13.6. The fraction of sp³-hybridized carbons (Fsp3) is 0.385. The third kappa shape index (κ3) is 3.85. The van der Waals surface area contributed by atoms with Gasteiger partial charge in [0.1, 0.15) is 5.69 Å². The summed E-state index contributed by atoms with van der Waals surface area (Å²) in [6.07, 6.45) is 0. The van der Waals surface area contributed by atoms with Gasteiger partial charge in [0.15, 0.2) is 0 Å². The Labute approximate surface area is 130 Å². The minimum atomic E-state index is -0.501. The van der Waals surface area contributed by atoms with E-state index in [0.717, 1.165) is 22.0 Å². The zero-order chi connectivity index (χ0) is 15.4. The number of aryl methyl sites for hydroxylation is 1. The SMILES string of the molecule is CCOC(=O)c1nc(C(=O)N(C)Cc2csc(C)n2)cs1. The van der Waals surface area contributed by atoms with Crippen LogP contribution in [0.4, 0.5) is 0 Å². The predicted octanol–water partition coefficient (Wildman–Crippen LogP) is 2.36. The quantitative estimate of drug-likeness (QED) is 0.789. The molecule has 21 heavy (non-hydrogen) atoms. The Bertz CT molecular complexity index is 651. The van der Waals surface area contributed by atoms with Crippen LogP contribution in [-0.2, 0) is 11.3 Å². The van der Waals surface area contributed by atoms with Gasteiger partial charge >= 0.3 is 5.97 Å². The van der Waals surface area contributed by atoms with Gasteiger partial charge in [0.25, 0.3) is 5.91 Å². The highest BCUT2D eigenvalue weighted by atomic mass is 32.1. The summed E-state index contributed by atoms with van der Waals surface area (Å²) < 4.78 is 4.86. The largest absolute Gasteiger partial charge is 0.461 e. The van der Waals surface area contributed by atoms with Crippen molar-refractivity contribution >= 4 is 34.6 Å². The molecule has 0 aromatic carbocycles. The van der Waals surface area contributed by atoms with Crippen molar-refractivity contribution in [3.05, 3.63) is 32.2 Å². The van der Waals surface area contributed by atoms with Gasteiger partial charge in [-0.3, -0.25) is 4.79 Å². The fourth-order valence-corrected chi connectivity index (χ4v) is 2.94. The van der Waals surface area contributed by atoms with E-state index < -0.39 is 5.97 Å². The van der Waals surface area contributed by atoms with E-state index in [1.54, 1.807) is 30.7 Å². The van der Waals surface area contributed by atoms with Crippen molar-refractivity contribution < 1.29 is 14.3 Å². The highest BCUT2D eigenvalue weighted by molar-refractivity contribution is 7.11. The van der Waals surface area contributed by atoms with Gasteiger partial charge in [0, 0.05) is 17.8 Å². The number of hydrogen-bond acceptors (Lipinski definition) is 7. The summed E-state index contributed by atoms with van der Waals surface area (Å²) in [4.78, 5) is 33.7. The lowest BCUT2D eigenvalue weighted by Crippen LogP contribution is -2.26. The molecule has 0 saturated heterocycles. The molecular formula is C13H15N3O3S2. The van der Waals surface area contributed by atoms with Crippen molar-refractivity contribution in [2.45, 2.75) is 20.4 Å². The first kappa shape index (κ1) is 15.6. The Balaban J connectivity index is 2.04. The van der Waals surface area contributed by atoms with Crippen molar-refractivity contribution in [3.8, 4) is 0 Å². The molecule has 0 radical (unpaired) electrons. The number of esters is 1. The second-order valence-electron chi connectivity index (χ2n) is 4.28. The summed E-state index contributed by atoms with van der Waals surface area (Å²) in [7, 11) is 1.68. The van der Waals surface area contributed by atoms with E-state index in [2.05, 4.69) is 9.97 Å². The molecule has 2 aromatic rings. The molecule has 0 fully saturated rings. The van der Waals surface area contributed by atoms with Crippen LogP contribution in [0, 0.1) is 6.92 Å². The van der Waals surface area contributed by atoms with E-state index in [1.165, 1.54) is 4.90 Å². The van der Waals surface area contributed by atoms with Crippen molar-refractivity contribution in [3.63, 3.8) is 0 Å². The Hall–Kier alpha value is -1.80. The molecule has 6 nitrogen and oxygen atoms in total. The normalized spacial score (nSPS) is 10.4. The monoisotopic (exact) mass is 325 g/mol. The highest BCUT2D eigenvalue weighted by Crippen LogP contribution is 2.15. The third-order valence-electron chi connectivity index (χ3n) is 2.59. The minimum Gasteiger partial charge on any atom is -0.461 e. The average molecular weight is 325 g/mol. The van der Waals surface area contributed by atoms with Crippen LogP contribution in [0.25, 0.3) is 0 Å². The van der Waals surface area contributed by atoms with E-state index >= 15 is 0 Å². The van der Waals surface area contributed by atoms with Crippen LogP contribution in [0.5, 0.6) is 0 Å². The molecule has 0 aliphatic heterocycles. The molecule has 0 unspecified atom stereocenters. The number of hydrogen-bond donors (Lipinski definition) is 0. The molecule has 0 atom stereocenters. The Morgan fingerprint density at radius 1 is 1.29 bits per heavy atom. The smallest absolute Gasteiger partial charge is 0.367 e. The second-order valence-corrected chi connectivity index (χ2v) is 6.20. The lowest BCUT2D eigenvalue weighted by atomic mass is 10.3. The molecule has 2 heterocycles. The van der Waals surface area contributed by atoms with E-state index in [9.17, 15) is 9.59 Å². The van der Waals surface area contributed by atoms with Gasteiger partial charge in [-0.2, -0.15) is 0 Å². The molecular weight excluding hydrogens is 310 g/mol. The number of thiazole rings is 2. The lowest BCUT2D eigenvalue weighted by molar-refractivity contribution is 0.0526. The topological polar surface area (TPSA) is 72.4 Å². The molecule has 2 aromatic heterocycles. The molecule has 0 saturated carbocycles. The van der Waals surface area contributed by atoms with Gasteiger partial charge in [-0.1, -0.05) is 0 Å².